The number of allylic oxidation sites excluding steroid dienone is 1. The SMILES string of the molecule is COc1ccc2c(O[C@H]3C[C@H]4C(=O)N(C(N)=O)CCCC/C=C\[C@@H]5C[C@@]5([C]=O)NC(=O)N4C3)cc(-c3nc(C(F)(F)F)cs3)nc2c1C. The molecule has 2 aliphatic heterocycles. The first-order valence-electron chi connectivity index (χ1n) is 15.3. The Labute approximate surface area is 277 Å². The van der Waals surface area contributed by atoms with Crippen LogP contribution in [0.2, 0.25) is 0 Å². The van der Waals surface area contributed by atoms with Gasteiger partial charge in [-0.15, -0.1) is 11.3 Å². The van der Waals surface area contributed by atoms with Crippen molar-refractivity contribution in [3.63, 3.8) is 0 Å². The van der Waals surface area contributed by atoms with Crippen LogP contribution in [0.5, 0.6) is 11.5 Å². The lowest BCUT2D eigenvalue weighted by Gasteiger charge is -2.29. The molecule has 2 aromatic heterocycles. The molecule has 0 bridgehead atoms. The zero-order valence-corrected chi connectivity index (χ0v) is 26.8. The van der Waals surface area contributed by atoms with E-state index in [2.05, 4.69) is 15.3 Å². The van der Waals surface area contributed by atoms with Gasteiger partial charge in [0.15, 0.2) is 5.69 Å². The fourth-order valence-electron chi connectivity index (χ4n) is 6.22. The largest absolute Gasteiger partial charge is 0.496 e. The van der Waals surface area contributed by atoms with Gasteiger partial charge in [-0.05, 0) is 44.7 Å². The Morgan fingerprint density at radius 2 is 2.00 bits per heavy atom. The van der Waals surface area contributed by atoms with Crippen LogP contribution in [0, 0.1) is 12.8 Å². The van der Waals surface area contributed by atoms with Crippen LogP contribution >= 0.6 is 11.3 Å². The van der Waals surface area contributed by atoms with E-state index in [1.807, 2.05) is 18.4 Å². The lowest BCUT2D eigenvalue weighted by atomic mass is 10.1. The maximum absolute atomic E-state index is 13.8. The van der Waals surface area contributed by atoms with Crippen molar-refractivity contribution in [1.29, 1.82) is 0 Å². The highest BCUT2D eigenvalue weighted by molar-refractivity contribution is 7.13. The number of nitrogens with two attached hydrogens (primary N) is 1. The summed E-state index contributed by atoms with van der Waals surface area (Å²) in [6.45, 7) is 1.69. The lowest BCUT2D eigenvalue weighted by molar-refractivity contribution is -0.140. The van der Waals surface area contributed by atoms with Gasteiger partial charge in [-0.25, -0.2) is 19.6 Å². The number of primary amides is 1. The Morgan fingerprint density at radius 3 is 2.69 bits per heavy atom. The normalized spacial score (nSPS) is 25.5. The molecular weight excluding hydrogens is 653 g/mol. The van der Waals surface area contributed by atoms with Crippen LogP contribution in [-0.2, 0) is 15.8 Å². The minimum Gasteiger partial charge on any atom is -0.496 e. The summed E-state index contributed by atoms with van der Waals surface area (Å²) in [4.78, 5) is 62.4. The van der Waals surface area contributed by atoms with Gasteiger partial charge in [-0.2, -0.15) is 13.2 Å². The van der Waals surface area contributed by atoms with E-state index in [1.54, 1.807) is 19.1 Å². The Morgan fingerprint density at radius 1 is 1.21 bits per heavy atom. The van der Waals surface area contributed by atoms with Crippen LogP contribution in [0.15, 0.2) is 35.7 Å². The van der Waals surface area contributed by atoms with Crippen molar-refractivity contribution >= 4 is 46.5 Å². The van der Waals surface area contributed by atoms with Crippen LogP contribution in [-0.4, -0.2) is 81.9 Å². The molecular formula is C32H32F3N6O6S. The molecule has 6 rings (SSSR count). The number of hydrogen-bond acceptors (Lipinski definition) is 9. The van der Waals surface area contributed by atoms with Gasteiger partial charge in [-0.1, -0.05) is 12.2 Å². The third-order valence-corrected chi connectivity index (χ3v) is 9.78. The van der Waals surface area contributed by atoms with Gasteiger partial charge in [-0.3, -0.25) is 14.5 Å². The highest BCUT2D eigenvalue weighted by atomic mass is 32.1. The number of methoxy groups -OCH3 is 1. The zero-order valence-electron chi connectivity index (χ0n) is 26.0. The van der Waals surface area contributed by atoms with Gasteiger partial charge in [0.2, 0.25) is 6.29 Å². The third kappa shape index (κ3) is 6.28. The van der Waals surface area contributed by atoms with E-state index in [4.69, 9.17) is 15.2 Å². The van der Waals surface area contributed by atoms with Gasteiger partial charge in [0.25, 0.3) is 5.91 Å². The minimum absolute atomic E-state index is 0.00896. The number of nitrogens with zero attached hydrogens (tertiary/aromatic N) is 4. The van der Waals surface area contributed by atoms with Crippen molar-refractivity contribution in [3.8, 4) is 22.2 Å². The van der Waals surface area contributed by atoms with Crippen LogP contribution in [0.1, 0.15) is 43.4 Å². The number of alkyl halides is 3. The number of rotatable bonds is 5. The Bertz CT molecular complexity index is 1810. The average molecular weight is 686 g/mol. The van der Waals surface area contributed by atoms with Gasteiger partial charge in [0, 0.05) is 41.3 Å². The fraction of sp³-hybridized carbons (Fsp3) is 0.438. The van der Waals surface area contributed by atoms with E-state index in [9.17, 15) is 32.3 Å². The van der Waals surface area contributed by atoms with Crippen LogP contribution in [0.25, 0.3) is 21.6 Å². The number of ether oxygens (including phenoxy) is 2. The first kappa shape index (κ1) is 33.2. The van der Waals surface area contributed by atoms with E-state index >= 15 is 0 Å². The van der Waals surface area contributed by atoms with Crippen molar-refractivity contribution in [3.05, 3.63) is 47.0 Å². The topological polar surface area (TPSA) is 157 Å². The summed E-state index contributed by atoms with van der Waals surface area (Å²) in [5, 5.41) is 4.15. The number of fused-ring (bicyclic) bond motifs is 3. The van der Waals surface area contributed by atoms with Crippen molar-refractivity contribution in [2.45, 2.75) is 62.9 Å². The molecule has 3 N–H and O–H groups in total. The molecule has 3 aliphatic rings. The highest BCUT2D eigenvalue weighted by Crippen LogP contribution is 2.44. The van der Waals surface area contributed by atoms with Gasteiger partial charge < -0.3 is 25.4 Å². The second-order valence-electron chi connectivity index (χ2n) is 12.0. The van der Waals surface area contributed by atoms with Gasteiger partial charge in [0.1, 0.15) is 39.9 Å². The van der Waals surface area contributed by atoms with E-state index in [-0.39, 0.29) is 41.9 Å². The minimum atomic E-state index is -4.65. The Kier molecular flexibility index (Phi) is 8.78. The van der Waals surface area contributed by atoms with Crippen LogP contribution in [0.3, 0.4) is 0 Å². The second-order valence-corrected chi connectivity index (χ2v) is 12.9. The second kappa shape index (κ2) is 12.7. The molecule has 1 saturated heterocycles. The predicted molar refractivity (Wildman–Crippen MR) is 168 cm³/mol. The number of amides is 5. The number of thiazole rings is 1. The van der Waals surface area contributed by atoms with Gasteiger partial charge >= 0.3 is 18.2 Å². The van der Waals surface area contributed by atoms with Crippen molar-refractivity contribution in [2.75, 3.05) is 20.2 Å². The first-order chi connectivity index (χ1) is 22.8. The number of nitrogens with one attached hydrogen (secondary N) is 1. The maximum Gasteiger partial charge on any atom is 0.434 e. The van der Waals surface area contributed by atoms with Crippen molar-refractivity contribution < 1.29 is 41.8 Å². The lowest BCUT2D eigenvalue weighted by Crippen LogP contribution is -2.55. The number of urea groups is 2. The smallest absolute Gasteiger partial charge is 0.434 e. The molecule has 253 valence electrons. The summed E-state index contributed by atoms with van der Waals surface area (Å²) in [6.07, 6.45) is 2.37. The summed E-state index contributed by atoms with van der Waals surface area (Å²) in [6, 6.07) is 2.04. The molecule has 4 heterocycles. The summed E-state index contributed by atoms with van der Waals surface area (Å²) < 4.78 is 52.1. The average Bonchev–Trinajstić information content (AvgIpc) is 3.35. The highest BCUT2D eigenvalue weighted by Gasteiger charge is 2.56. The zero-order chi connectivity index (χ0) is 34.4. The molecule has 1 aliphatic carbocycles. The third-order valence-electron chi connectivity index (χ3n) is 8.91. The number of imide groups is 1. The Hall–Kier alpha value is -4.73. The Balaban J connectivity index is 1.37. The number of aryl methyl sites for hydroxylation is 1. The summed E-state index contributed by atoms with van der Waals surface area (Å²) in [5.41, 5.74) is 4.43. The number of halogens is 3. The summed E-state index contributed by atoms with van der Waals surface area (Å²) in [7, 11) is 1.48. The van der Waals surface area contributed by atoms with E-state index < -0.39 is 47.5 Å². The standard InChI is InChI=1S/C32H32F3N6O6S/c1-17-23(46-2)9-8-20-24(12-21(37-26(17)20)27-38-25(15-48-27)32(33,34)35)47-19-11-22-28(43)40(29(36)44)10-6-4-3-5-7-18-13-31(18,16-42)39-30(45)41(22)14-19/h5,7-9,12,15,18-19,22H,3-4,6,10-11,13-14H2,1-2H3,(H2,36,44)(H,39,45)/b7-5-/t18-,19+,22+,31+/m1/s1. The number of carbonyl (C=O) groups excluding carboxylic acids is 4. The molecule has 0 spiro atoms. The fourth-order valence-corrected chi connectivity index (χ4v) is 7.01. The predicted octanol–water partition coefficient (Wildman–Crippen LogP) is 4.74. The van der Waals surface area contributed by atoms with E-state index in [0.29, 0.717) is 47.9 Å². The molecule has 48 heavy (non-hydrogen) atoms. The molecule has 16 heteroatoms. The molecule has 1 radical (unpaired) electrons. The molecule has 0 unspecified atom stereocenters. The molecule has 1 aromatic carbocycles. The van der Waals surface area contributed by atoms with Crippen molar-refractivity contribution in [2.24, 2.45) is 11.7 Å². The quantitative estimate of drug-likeness (QED) is 0.365. The molecule has 3 aromatic rings. The maximum atomic E-state index is 13.8. The van der Waals surface area contributed by atoms with Crippen LogP contribution in [0.4, 0.5) is 22.8 Å². The summed E-state index contributed by atoms with van der Waals surface area (Å²) >= 11 is 0.774. The van der Waals surface area contributed by atoms with Crippen molar-refractivity contribution in [1.82, 2.24) is 25.1 Å². The molecule has 5 amide bonds. The monoisotopic (exact) mass is 685 g/mol. The molecule has 2 fully saturated rings. The number of aromatic nitrogens is 2. The van der Waals surface area contributed by atoms with Gasteiger partial charge in [0.05, 0.1) is 19.2 Å². The summed E-state index contributed by atoms with van der Waals surface area (Å²) in [5.74, 6) is -0.201. The molecule has 12 nitrogen and oxygen atoms in total. The van der Waals surface area contributed by atoms with E-state index in [0.717, 1.165) is 21.6 Å². The number of pyridine rings is 1. The number of carbonyl (C=O) groups is 3. The number of benzene rings is 1. The van der Waals surface area contributed by atoms with Crippen LogP contribution < -0.4 is 20.5 Å². The molecule has 4 atom stereocenters. The molecule has 1 saturated carbocycles. The first-order valence-corrected chi connectivity index (χ1v) is 16.2. The van der Waals surface area contributed by atoms with E-state index in [1.165, 1.54) is 18.1 Å². The number of hydrogen-bond donors (Lipinski definition) is 2.